The first-order valence-electron chi connectivity index (χ1n) is 9.41. The number of carbonyl (C=O) groups excluding carboxylic acids is 2. The maximum absolute atomic E-state index is 13.0. The molecular formula is C20H22ClN5O2. The van der Waals surface area contributed by atoms with Gasteiger partial charge in [0.2, 0.25) is 17.8 Å². The molecule has 0 aliphatic carbocycles. The maximum atomic E-state index is 13.0. The molecule has 1 atom stereocenters. The van der Waals surface area contributed by atoms with Gasteiger partial charge in [0, 0.05) is 62.2 Å². The standard InChI is InChI=1S/C20H22ClN5O2/c1-14-16(21)4-2-5-17(14)26-13-15(12-18(26)27)19(28)24-8-10-25(11-9-24)20-22-6-3-7-23-20/h2-7,15H,8-13H2,1H3. The lowest BCUT2D eigenvalue weighted by molar-refractivity contribution is -0.136. The lowest BCUT2D eigenvalue weighted by Gasteiger charge is -2.35. The number of halogens is 1. The molecule has 4 rings (SSSR count). The molecule has 146 valence electrons. The van der Waals surface area contributed by atoms with Crippen molar-refractivity contribution >= 4 is 35.1 Å². The van der Waals surface area contributed by atoms with Crippen LogP contribution in [-0.2, 0) is 9.59 Å². The maximum Gasteiger partial charge on any atom is 0.228 e. The number of anilines is 2. The minimum atomic E-state index is -0.314. The lowest BCUT2D eigenvalue weighted by atomic mass is 10.1. The van der Waals surface area contributed by atoms with E-state index in [1.54, 1.807) is 29.4 Å². The van der Waals surface area contributed by atoms with Crippen molar-refractivity contribution in [2.24, 2.45) is 5.92 Å². The van der Waals surface area contributed by atoms with Crippen molar-refractivity contribution in [2.45, 2.75) is 13.3 Å². The zero-order chi connectivity index (χ0) is 19.7. The summed E-state index contributed by atoms with van der Waals surface area (Å²) in [6.45, 7) is 4.89. The van der Waals surface area contributed by atoms with Gasteiger partial charge in [0.05, 0.1) is 5.92 Å². The van der Waals surface area contributed by atoms with Gasteiger partial charge < -0.3 is 14.7 Å². The van der Waals surface area contributed by atoms with Gasteiger partial charge in [0.15, 0.2) is 0 Å². The average Bonchev–Trinajstić information content (AvgIpc) is 3.12. The van der Waals surface area contributed by atoms with Gasteiger partial charge in [-0.05, 0) is 30.7 Å². The highest BCUT2D eigenvalue weighted by Gasteiger charge is 2.38. The summed E-state index contributed by atoms with van der Waals surface area (Å²) in [7, 11) is 0. The Hall–Kier alpha value is -2.67. The van der Waals surface area contributed by atoms with Gasteiger partial charge in [-0.15, -0.1) is 0 Å². The van der Waals surface area contributed by atoms with E-state index in [0.717, 1.165) is 11.3 Å². The molecule has 2 fully saturated rings. The molecule has 1 aromatic heterocycles. The molecule has 2 aromatic rings. The number of hydrogen-bond acceptors (Lipinski definition) is 5. The molecule has 1 unspecified atom stereocenters. The topological polar surface area (TPSA) is 69.6 Å². The van der Waals surface area contributed by atoms with Crippen LogP contribution in [0.5, 0.6) is 0 Å². The number of aromatic nitrogens is 2. The van der Waals surface area contributed by atoms with Gasteiger partial charge in [0.1, 0.15) is 0 Å². The third-order valence-corrected chi connectivity index (χ3v) is 5.84. The van der Waals surface area contributed by atoms with E-state index in [4.69, 9.17) is 11.6 Å². The first-order chi connectivity index (χ1) is 13.5. The number of hydrogen-bond donors (Lipinski definition) is 0. The second-order valence-corrected chi connectivity index (χ2v) is 7.56. The normalized spacial score (nSPS) is 20.0. The van der Waals surface area contributed by atoms with Crippen LogP contribution in [0, 0.1) is 12.8 Å². The summed E-state index contributed by atoms with van der Waals surface area (Å²) in [6, 6.07) is 7.30. The Morgan fingerprint density at radius 1 is 1.11 bits per heavy atom. The van der Waals surface area contributed by atoms with Crippen LogP contribution in [0.25, 0.3) is 0 Å². The van der Waals surface area contributed by atoms with Crippen LogP contribution >= 0.6 is 11.6 Å². The van der Waals surface area contributed by atoms with Crippen molar-refractivity contribution in [3.05, 3.63) is 47.2 Å². The number of nitrogens with zero attached hydrogens (tertiary/aromatic N) is 5. The minimum absolute atomic E-state index is 0.0277. The third-order valence-electron chi connectivity index (χ3n) is 5.43. The number of rotatable bonds is 3. The summed E-state index contributed by atoms with van der Waals surface area (Å²) in [5.74, 6) is 0.392. The van der Waals surface area contributed by atoms with Gasteiger partial charge in [-0.2, -0.15) is 0 Å². The highest BCUT2D eigenvalue weighted by molar-refractivity contribution is 6.31. The molecule has 0 spiro atoms. The summed E-state index contributed by atoms with van der Waals surface area (Å²) in [5, 5.41) is 0.624. The summed E-state index contributed by atoms with van der Waals surface area (Å²) < 4.78 is 0. The van der Waals surface area contributed by atoms with Gasteiger partial charge in [-0.1, -0.05) is 17.7 Å². The summed E-state index contributed by atoms with van der Waals surface area (Å²) in [4.78, 5) is 39.7. The molecule has 0 radical (unpaired) electrons. The van der Waals surface area contributed by atoms with Crippen LogP contribution in [0.3, 0.4) is 0 Å². The predicted molar refractivity (Wildman–Crippen MR) is 107 cm³/mol. The Labute approximate surface area is 168 Å². The SMILES string of the molecule is Cc1c(Cl)cccc1N1CC(C(=O)N2CCN(c3ncccn3)CC2)CC1=O. The Morgan fingerprint density at radius 2 is 1.82 bits per heavy atom. The van der Waals surface area contributed by atoms with Gasteiger partial charge >= 0.3 is 0 Å². The molecule has 3 heterocycles. The van der Waals surface area contributed by atoms with E-state index in [9.17, 15) is 9.59 Å². The fourth-order valence-electron chi connectivity index (χ4n) is 3.83. The third kappa shape index (κ3) is 3.54. The quantitative estimate of drug-likeness (QED) is 0.790. The van der Waals surface area contributed by atoms with Crippen LogP contribution < -0.4 is 9.80 Å². The highest BCUT2D eigenvalue weighted by Crippen LogP contribution is 2.32. The molecule has 28 heavy (non-hydrogen) atoms. The predicted octanol–water partition coefficient (Wildman–Crippen LogP) is 2.14. The Morgan fingerprint density at radius 3 is 2.54 bits per heavy atom. The second kappa shape index (κ2) is 7.75. The molecule has 2 saturated heterocycles. The smallest absolute Gasteiger partial charge is 0.228 e. The molecule has 0 saturated carbocycles. The van der Waals surface area contributed by atoms with Crippen molar-refractivity contribution in [1.82, 2.24) is 14.9 Å². The molecule has 2 aliphatic rings. The molecular weight excluding hydrogens is 378 g/mol. The van der Waals surface area contributed by atoms with E-state index >= 15 is 0 Å². The van der Waals surface area contributed by atoms with E-state index in [2.05, 4.69) is 14.9 Å². The Bertz CT molecular complexity index is 883. The molecule has 2 aliphatic heterocycles. The number of amides is 2. The Kier molecular flexibility index (Phi) is 5.17. The molecule has 0 N–H and O–H groups in total. The first kappa shape index (κ1) is 18.7. The number of piperazine rings is 1. The molecule has 1 aromatic carbocycles. The van der Waals surface area contributed by atoms with Gasteiger partial charge in [-0.3, -0.25) is 9.59 Å². The zero-order valence-electron chi connectivity index (χ0n) is 15.7. The second-order valence-electron chi connectivity index (χ2n) is 7.15. The van der Waals surface area contributed by atoms with Crippen LogP contribution in [-0.4, -0.2) is 59.4 Å². The number of carbonyl (C=O) groups is 2. The summed E-state index contributed by atoms with van der Waals surface area (Å²) in [5.41, 5.74) is 1.65. The van der Waals surface area contributed by atoms with E-state index in [-0.39, 0.29) is 24.2 Å². The molecule has 2 amide bonds. The van der Waals surface area contributed by atoms with Crippen molar-refractivity contribution in [2.75, 3.05) is 42.5 Å². The van der Waals surface area contributed by atoms with Crippen molar-refractivity contribution in [1.29, 1.82) is 0 Å². The van der Waals surface area contributed by atoms with E-state index < -0.39 is 0 Å². The largest absolute Gasteiger partial charge is 0.339 e. The van der Waals surface area contributed by atoms with E-state index in [1.165, 1.54) is 0 Å². The van der Waals surface area contributed by atoms with Crippen LogP contribution in [0.4, 0.5) is 11.6 Å². The molecule has 0 bridgehead atoms. The zero-order valence-corrected chi connectivity index (χ0v) is 16.5. The van der Waals surface area contributed by atoms with Crippen molar-refractivity contribution in [3.63, 3.8) is 0 Å². The van der Waals surface area contributed by atoms with Crippen LogP contribution in [0.2, 0.25) is 5.02 Å². The fourth-order valence-corrected chi connectivity index (χ4v) is 4.00. The van der Waals surface area contributed by atoms with Gasteiger partial charge in [0.25, 0.3) is 0 Å². The highest BCUT2D eigenvalue weighted by atomic mass is 35.5. The van der Waals surface area contributed by atoms with Crippen LogP contribution in [0.1, 0.15) is 12.0 Å². The van der Waals surface area contributed by atoms with Crippen molar-refractivity contribution < 1.29 is 9.59 Å². The summed E-state index contributed by atoms with van der Waals surface area (Å²) in [6.07, 6.45) is 3.68. The van der Waals surface area contributed by atoms with Crippen molar-refractivity contribution in [3.8, 4) is 0 Å². The lowest BCUT2D eigenvalue weighted by Crippen LogP contribution is -2.51. The fraction of sp³-hybridized carbons (Fsp3) is 0.400. The number of benzene rings is 1. The Balaban J connectivity index is 1.40. The molecule has 8 heteroatoms. The minimum Gasteiger partial charge on any atom is -0.339 e. The first-order valence-corrected chi connectivity index (χ1v) is 9.78. The monoisotopic (exact) mass is 399 g/mol. The van der Waals surface area contributed by atoms with E-state index in [1.807, 2.05) is 24.0 Å². The average molecular weight is 400 g/mol. The molecule has 7 nitrogen and oxygen atoms in total. The summed E-state index contributed by atoms with van der Waals surface area (Å²) >= 11 is 6.20. The van der Waals surface area contributed by atoms with Gasteiger partial charge in [-0.25, -0.2) is 9.97 Å². The van der Waals surface area contributed by atoms with E-state index in [0.29, 0.717) is 43.7 Å². The van der Waals surface area contributed by atoms with Crippen LogP contribution in [0.15, 0.2) is 36.7 Å².